The highest BCUT2D eigenvalue weighted by atomic mass is 19.4. The zero-order valence-electron chi connectivity index (χ0n) is 9.26. The third-order valence-corrected chi connectivity index (χ3v) is 3.13. The topological polar surface area (TPSA) is 17.1 Å². The van der Waals surface area contributed by atoms with Crippen molar-refractivity contribution in [3.63, 3.8) is 0 Å². The largest absolute Gasteiger partial charge is 0.416 e. The molecular formula is C13H13F3O. The molecule has 1 nitrogen and oxygen atoms in total. The fourth-order valence-electron chi connectivity index (χ4n) is 2.27. The monoisotopic (exact) mass is 242 g/mol. The molecule has 0 aromatic heterocycles. The van der Waals surface area contributed by atoms with Gasteiger partial charge in [0.05, 0.1) is 5.56 Å². The molecule has 4 heteroatoms. The van der Waals surface area contributed by atoms with Crippen LogP contribution in [0.5, 0.6) is 0 Å². The molecule has 1 aliphatic rings. The van der Waals surface area contributed by atoms with Crippen LogP contribution in [-0.4, -0.2) is 5.78 Å². The molecule has 0 heterocycles. The second kappa shape index (κ2) is 4.51. The van der Waals surface area contributed by atoms with Crippen LogP contribution in [0.1, 0.15) is 30.4 Å². The van der Waals surface area contributed by atoms with Crippen LogP contribution in [0.4, 0.5) is 13.2 Å². The molecular weight excluding hydrogens is 229 g/mol. The van der Waals surface area contributed by atoms with Gasteiger partial charge in [-0.1, -0.05) is 18.2 Å². The van der Waals surface area contributed by atoms with E-state index in [1.807, 2.05) is 0 Å². The number of carbonyl (C=O) groups excluding carboxylic acids is 1. The Bertz CT molecular complexity index is 423. The molecule has 0 saturated heterocycles. The van der Waals surface area contributed by atoms with Crippen molar-refractivity contribution in [2.45, 2.75) is 31.9 Å². The molecule has 0 radical (unpaired) electrons. The highest BCUT2D eigenvalue weighted by Crippen LogP contribution is 2.31. The normalized spacial score (nSPS) is 20.9. The van der Waals surface area contributed by atoms with E-state index in [1.54, 1.807) is 6.07 Å². The Morgan fingerprint density at radius 1 is 1.29 bits per heavy atom. The van der Waals surface area contributed by atoms with Crippen LogP contribution in [0.25, 0.3) is 0 Å². The number of hydrogen-bond donors (Lipinski definition) is 0. The minimum atomic E-state index is -4.29. The van der Waals surface area contributed by atoms with Crippen LogP contribution in [0.2, 0.25) is 0 Å². The van der Waals surface area contributed by atoms with Crippen LogP contribution in [0, 0.1) is 5.92 Å². The van der Waals surface area contributed by atoms with Crippen molar-refractivity contribution < 1.29 is 18.0 Å². The van der Waals surface area contributed by atoms with E-state index in [9.17, 15) is 18.0 Å². The van der Waals surface area contributed by atoms with Crippen molar-refractivity contribution in [1.82, 2.24) is 0 Å². The molecule has 0 aliphatic heterocycles. The van der Waals surface area contributed by atoms with E-state index in [4.69, 9.17) is 0 Å². The lowest BCUT2D eigenvalue weighted by Gasteiger charge is -2.11. The first-order valence-corrected chi connectivity index (χ1v) is 5.63. The van der Waals surface area contributed by atoms with Gasteiger partial charge in [-0.25, -0.2) is 0 Å². The Morgan fingerprint density at radius 2 is 2.06 bits per heavy atom. The second-order valence-corrected chi connectivity index (χ2v) is 4.55. The molecule has 0 bridgehead atoms. The van der Waals surface area contributed by atoms with Crippen LogP contribution in [-0.2, 0) is 17.4 Å². The van der Waals surface area contributed by atoms with Crippen molar-refractivity contribution in [1.29, 1.82) is 0 Å². The molecule has 1 saturated carbocycles. The summed E-state index contributed by atoms with van der Waals surface area (Å²) in [5.41, 5.74) is 0.0545. The summed E-state index contributed by atoms with van der Waals surface area (Å²) in [4.78, 5) is 11.1. The Kier molecular flexibility index (Phi) is 3.22. The van der Waals surface area contributed by atoms with E-state index in [1.165, 1.54) is 12.1 Å². The third kappa shape index (κ3) is 3.08. The maximum atomic E-state index is 12.5. The first-order chi connectivity index (χ1) is 7.95. The van der Waals surface area contributed by atoms with Gasteiger partial charge in [0.25, 0.3) is 0 Å². The van der Waals surface area contributed by atoms with Gasteiger partial charge in [-0.05, 0) is 30.4 Å². The summed E-state index contributed by atoms with van der Waals surface area (Å²) in [6.45, 7) is 0. The summed E-state index contributed by atoms with van der Waals surface area (Å²) >= 11 is 0. The quantitative estimate of drug-likeness (QED) is 0.774. The van der Waals surface area contributed by atoms with Crippen LogP contribution in [0.3, 0.4) is 0 Å². The van der Waals surface area contributed by atoms with Crippen molar-refractivity contribution in [3.8, 4) is 0 Å². The number of halogens is 3. The van der Waals surface area contributed by atoms with E-state index in [0.29, 0.717) is 24.8 Å². The average Bonchev–Trinajstić information content (AvgIpc) is 2.63. The summed E-state index contributed by atoms with van der Waals surface area (Å²) in [5, 5.41) is 0. The number of carbonyl (C=O) groups is 1. The molecule has 0 N–H and O–H groups in total. The highest BCUT2D eigenvalue weighted by Gasteiger charge is 2.30. The van der Waals surface area contributed by atoms with Gasteiger partial charge >= 0.3 is 6.18 Å². The number of ketones is 1. The molecule has 1 aromatic carbocycles. The molecule has 0 spiro atoms. The second-order valence-electron chi connectivity index (χ2n) is 4.55. The molecule has 1 atom stereocenters. The number of rotatable bonds is 2. The van der Waals surface area contributed by atoms with E-state index >= 15 is 0 Å². The zero-order chi connectivity index (χ0) is 12.5. The van der Waals surface area contributed by atoms with Gasteiger partial charge in [-0.2, -0.15) is 13.2 Å². The molecule has 1 fully saturated rings. The zero-order valence-corrected chi connectivity index (χ0v) is 9.26. The summed E-state index contributed by atoms with van der Waals surface area (Å²) in [6.07, 6.45) is -1.84. The van der Waals surface area contributed by atoms with Gasteiger partial charge in [-0.3, -0.25) is 4.79 Å². The van der Waals surface area contributed by atoms with Gasteiger partial charge in [0.2, 0.25) is 0 Å². The summed E-state index contributed by atoms with van der Waals surface area (Å²) < 4.78 is 37.5. The smallest absolute Gasteiger partial charge is 0.300 e. The third-order valence-electron chi connectivity index (χ3n) is 3.13. The minimum Gasteiger partial charge on any atom is -0.300 e. The van der Waals surface area contributed by atoms with Crippen molar-refractivity contribution in [2.24, 2.45) is 5.92 Å². The lowest BCUT2D eigenvalue weighted by atomic mass is 9.97. The van der Waals surface area contributed by atoms with Crippen molar-refractivity contribution >= 4 is 5.78 Å². The SMILES string of the molecule is O=C1CCC(Cc2cccc(C(F)(F)F)c2)C1. The van der Waals surface area contributed by atoms with Crippen molar-refractivity contribution in [3.05, 3.63) is 35.4 Å². The van der Waals surface area contributed by atoms with Gasteiger partial charge in [0, 0.05) is 12.8 Å². The number of Topliss-reactive ketones (excluding diaryl/α,β-unsaturated/α-hetero) is 1. The number of benzene rings is 1. The maximum absolute atomic E-state index is 12.5. The van der Waals surface area contributed by atoms with Crippen LogP contribution < -0.4 is 0 Å². The van der Waals surface area contributed by atoms with Gasteiger partial charge in [0.15, 0.2) is 0 Å². The maximum Gasteiger partial charge on any atom is 0.416 e. The highest BCUT2D eigenvalue weighted by molar-refractivity contribution is 5.80. The van der Waals surface area contributed by atoms with Crippen LogP contribution in [0.15, 0.2) is 24.3 Å². The van der Waals surface area contributed by atoms with Crippen LogP contribution >= 0.6 is 0 Å². The Balaban J connectivity index is 2.09. The lowest BCUT2D eigenvalue weighted by molar-refractivity contribution is -0.137. The lowest BCUT2D eigenvalue weighted by Crippen LogP contribution is -2.07. The standard InChI is InChI=1S/C13H13F3O/c14-13(15,16)11-3-1-2-9(7-11)6-10-4-5-12(17)8-10/h1-3,7,10H,4-6,8H2. The molecule has 1 aliphatic carbocycles. The van der Waals surface area contributed by atoms with E-state index in [0.717, 1.165) is 12.5 Å². The Morgan fingerprint density at radius 3 is 2.65 bits per heavy atom. The molecule has 1 aromatic rings. The fraction of sp³-hybridized carbons (Fsp3) is 0.462. The predicted octanol–water partition coefficient (Wildman–Crippen LogP) is 3.62. The summed E-state index contributed by atoms with van der Waals surface area (Å²) in [7, 11) is 0. The summed E-state index contributed by atoms with van der Waals surface area (Å²) in [5.74, 6) is 0.438. The summed E-state index contributed by atoms with van der Waals surface area (Å²) in [6, 6.07) is 5.37. The number of alkyl halides is 3. The Hall–Kier alpha value is -1.32. The molecule has 92 valence electrons. The molecule has 17 heavy (non-hydrogen) atoms. The van der Waals surface area contributed by atoms with Gasteiger partial charge < -0.3 is 0 Å². The molecule has 0 amide bonds. The minimum absolute atomic E-state index is 0.214. The Labute approximate surface area is 97.6 Å². The van der Waals surface area contributed by atoms with Gasteiger partial charge in [-0.15, -0.1) is 0 Å². The average molecular weight is 242 g/mol. The first kappa shape index (κ1) is 12.1. The van der Waals surface area contributed by atoms with E-state index in [2.05, 4.69) is 0 Å². The number of hydrogen-bond acceptors (Lipinski definition) is 1. The van der Waals surface area contributed by atoms with E-state index < -0.39 is 11.7 Å². The molecule has 2 rings (SSSR count). The predicted molar refractivity (Wildman–Crippen MR) is 57.5 cm³/mol. The molecule has 1 unspecified atom stereocenters. The van der Waals surface area contributed by atoms with Crippen molar-refractivity contribution in [2.75, 3.05) is 0 Å². The first-order valence-electron chi connectivity index (χ1n) is 5.63. The fourth-order valence-corrected chi connectivity index (χ4v) is 2.27. The van der Waals surface area contributed by atoms with E-state index in [-0.39, 0.29) is 11.7 Å². The van der Waals surface area contributed by atoms with Gasteiger partial charge in [0.1, 0.15) is 5.78 Å².